The summed E-state index contributed by atoms with van der Waals surface area (Å²) in [6.45, 7) is -0.764. The van der Waals surface area contributed by atoms with Gasteiger partial charge in [0.2, 0.25) is 0 Å². The zero-order valence-corrected chi connectivity index (χ0v) is 14.1. The highest BCUT2D eigenvalue weighted by molar-refractivity contribution is 5.92. The number of benzene rings is 2. The molecule has 0 heterocycles. The van der Waals surface area contributed by atoms with Crippen LogP contribution in [0.1, 0.15) is 18.1 Å². The molecule has 0 aliphatic heterocycles. The van der Waals surface area contributed by atoms with Crippen LogP contribution in [0.15, 0.2) is 47.5 Å². The van der Waals surface area contributed by atoms with Crippen LogP contribution in [0.3, 0.4) is 0 Å². The smallest absolute Gasteiger partial charge is 0.387 e. The van der Waals surface area contributed by atoms with Crippen molar-refractivity contribution in [2.75, 3.05) is 12.4 Å². The van der Waals surface area contributed by atoms with Crippen molar-refractivity contribution in [3.8, 4) is 11.5 Å². The molecule has 5 nitrogen and oxygen atoms in total. The largest absolute Gasteiger partial charge is 0.497 e. The maximum atomic E-state index is 12.5. The predicted molar refractivity (Wildman–Crippen MR) is 94.4 cm³/mol. The van der Waals surface area contributed by atoms with Gasteiger partial charge in [0.25, 0.3) is 0 Å². The number of nitrogens with zero attached hydrogens (tertiary/aromatic N) is 1. The van der Waals surface area contributed by atoms with E-state index >= 15 is 0 Å². The summed E-state index contributed by atoms with van der Waals surface area (Å²) in [6, 6.07) is 12.3. The Kier molecular flexibility index (Phi) is 6.56. The second-order valence-electron chi connectivity index (χ2n) is 5.23. The highest BCUT2D eigenvalue weighted by Gasteiger charge is 2.11. The molecule has 0 radical (unpaired) electrons. The van der Waals surface area contributed by atoms with Crippen LogP contribution in [-0.2, 0) is 13.0 Å². The summed E-state index contributed by atoms with van der Waals surface area (Å²) in [4.78, 5) is 4.18. The molecule has 0 saturated heterocycles. The normalized spacial score (nSPS) is 11.5. The Labute approximate surface area is 145 Å². The Morgan fingerprint density at radius 1 is 1.20 bits per heavy atom. The second-order valence-corrected chi connectivity index (χ2v) is 5.23. The lowest BCUT2D eigenvalue weighted by Crippen LogP contribution is -2.22. The minimum atomic E-state index is -2.91. The number of methoxy groups -OCH3 is 1. The number of hydrogen-bond acceptors (Lipinski definition) is 3. The van der Waals surface area contributed by atoms with E-state index in [1.54, 1.807) is 12.1 Å². The molecule has 0 aliphatic rings. The van der Waals surface area contributed by atoms with Gasteiger partial charge >= 0.3 is 6.61 Å². The number of guanidine groups is 1. The fraction of sp³-hybridized carbons (Fsp3) is 0.278. The molecule has 7 heteroatoms. The Morgan fingerprint density at radius 3 is 2.52 bits per heavy atom. The van der Waals surface area contributed by atoms with Gasteiger partial charge in [0.05, 0.1) is 13.7 Å². The first-order valence-corrected chi connectivity index (χ1v) is 7.79. The van der Waals surface area contributed by atoms with Crippen molar-refractivity contribution >= 4 is 11.6 Å². The summed E-state index contributed by atoms with van der Waals surface area (Å²) < 4.78 is 34.6. The SMILES string of the molecule is CCc1ccc(NC(N)=NCc2cc(OC)ccc2OC(F)F)cc1. The van der Waals surface area contributed by atoms with Crippen molar-refractivity contribution in [1.29, 1.82) is 0 Å². The van der Waals surface area contributed by atoms with Gasteiger partial charge in [-0.3, -0.25) is 0 Å². The first-order valence-electron chi connectivity index (χ1n) is 7.79. The fourth-order valence-electron chi connectivity index (χ4n) is 2.20. The number of nitrogens with two attached hydrogens (primary N) is 1. The van der Waals surface area contributed by atoms with Gasteiger partial charge in [-0.2, -0.15) is 8.78 Å². The number of rotatable bonds is 7. The Morgan fingerprint density at radius 2 is 1.92 bits per heavy atom. The van der Waals surface area contributed by atoms with E-state index < -0.39 is 6.61 Å². The molecule has 0 atom stereocenters. The van der Waals surface area contributed by atoms with Crippen LogP contribution >= 0.6 is 0 Å². The molecular weight excluding hydrogens is 328 g/mol. The van der Waals surface area contributed by atoms with Crippen LogP contribution in [-0.4, -0.2) is 19.7 Å². The lowest BCUT2D eigenvalue weighted by Gasteiger charge is -2.11. The standard InChI is InChI=1S/C18H21F2N3O2/c1-3-12-4-6-14(7-5-12)23-18(21)22-11-13-10-15(24-2)8-9-16(13)25-17(19)20/h4-10,17H,3,11H2,1-2H3,(H3,21,22,23). The maximum absolute atomic E-state index is 12.5. The molecule has 0 bridgehead atoms. The number of aryl methyl sites for hydroxylation is 1. The van der Waals surface area contributed by atoms with Crippen molar-refractivity contribution in [3.05, 3.63) is 53.6 Å². The molecule has 0 fully saturated rings. The molecule has 2 aromatic rings. The van der Waals surface area contributed by atoms with Crippen LogP contribution in [0.4, 0.5) is 14.5 Å². The van der Waals surface area contributed by atoms with Crippen LogP contribution in [0.5, 0.6) is 11.5 Å². The third-order valence-corrected chi connectivity index (χ3v) is 3.54. The van der Waals surface area contributed by atoms with Crippen LogP contribution in [0, 0.1) is 0 Å². The number of aliphatic imine (C=N–C) groups is 1. The van der Waals surface area contributed by atoms with Gasteiger partial charge in [-0.1, -0.05) is 19.1 Å². The zero-order chi connectivity index (χ0) is 18.2. The number of halogens is 2. The maximum Gasteiger partial charge on any atom is 0.387 e. The molecule has 134 valence electrons. The molecule has 3 N–H and O–H groups in total. The average Bonchev–Trinajstić information content (AvgIpc) is 2.61. The van der Waals surface area contributed by atoms with Crippen LogP contribution in [0.2, 0.25) is 0 Å². The molecule has 0 aliphatic carbocycles. The van der Waals surface area contributed by atoms with Gasteiger partial charge in [0.15, 0.2) is 5.96 Å². The van der Waals surface area contributed by atoms with Crippen molar-refractivity contribution in [2.45, 2.75) is 26.5 Å². The minimum absolute atomic E-state index is 0.0413. The van der Waals surface area contributed by atoms with Crippen molar-refractivity contribution in [2.24, 2.45) is 10.7 Å². The highest BCUT2D eigenvalue weighted by atomic mass is 19.3. The summed E-state index contributed by atoms with van der Waals surface area (Å²) in [5, 5.41) is 2.96. The molecular formula is C18H21F2N3O2. The van der Waals surface area contributed by atoms with Crippen molar-refractivity contribution in [1.82, 2.24) is 0 Å². The molecule has 0 amide bonds. The van der Waals surface area contributed by atoms with Gasteiger partial charge in [-0.05, 0) is 42.3 Å². The zero-order valence-electron chi connectivity index (χ0n) is 14.1. The molecule has 25 heavy (non-hydrogen) atoms. The quantitative estimate of drug-likeness (QED) is 0.589. The number of anilines is 1. The Hall–Kier alpha value is -2.83. The summed E-state index contributed by atoms with van der Waals surface area (Å²) in [7, 11) is 1.49. The van der Waals surface area contributed by atoms with Crippen molar-refractivity contribution < 1.29 is 18.3 Å². The molecule has 2 aromatic carbocycles. The van der Waals surface area contributed by atoms with E-state index in [4.69, 9.17) is 10.5 Å². The molecule has 2 rings (SSSR count). The summed E-state index contributed by atoms with van der Waals surface area (Å²) >= 11 is 0. The average molecular weight is 349 g/mol. The van der Waals surface area contributed by atoms with E-state index in [9.17, 15) is 8.78 Å². The second kappa shape index (κ2) is 8.86. The highest BCUT2D eigenvalue weighted by Crippen LogP contribution is 2.26. The van der Waals surface area contributed by atoms with Crippen LogP contribution < -0.4 is 20.5 Å². The third-order valence-electron chi connectivity index (χ3n) is 3.54. The lowest BCUT2D eigenvalue weighted by atomic mass is 10.1. The lowest BCUT2D eigenvalue weighted by molar-refractivity contribution is -0.0504. The van der Waals surface area contributed by atoms with Gasteiger partial charge in [0, 0.05) is 11.3 Å². The summed E-state index contributed by atoms with van der Waals surface area (Å²) in [6.07, 6.45) is 0.951. The van der Waals surface area contributed by atoms with Gasteiger partial charge in [-0.25, -0.2) is 4.99 Å². The predicted octanol–water partition coefficient (Wildman–Crippen LogP) is 3.79. The summed E-state index contributed by atoms with van der Waals surface area (Å²) in [5.41, 5.74) is 8.33. The fourth-order valence-corrected chi connectivity index (χ4v) is 2.20. The van der Waals surface area contributed by atoms with E-state index in [0.29, 0.717) is 11.3 Å². The van der Waals surface area contributed by atoms with E-state index in [0.717, 1.165) is 12.1 Å². The van der Waals surface area contributed by atoms with Crippen molar-refractivity contribution in [3.63, 3.8) is 0 Å². The Bertz CT molecular complexity index is 719. The van der Waals surface area contributed by atoms with Crippen LogP contribution in [0.25, 0.3) is 0 Å². The summed E-state index contributed by atoms with van der Waals surface area (Å²) in [5.74, 6) is 0.739. The van der Waals surface area contributed by atoms with E-state index in [-0.39, 0.29) is 18.3 Å². The first-order chi connectivity index (χ1) is 12.0. The minimum Gasteiger partial charge on any atom is -0.497 e. The van der Waals surface area contributed by atoms with Gasteiger partial charge in [-0.15, -0.1) is 0 Å². The monoisotopic (exact) mass is 349 g/mol. The molecule has 0 spiro atoms. The Balaban J connectivity index is 2.10. The number of nitrogens with one attached hydrogen (secondary N) is 1. The third kappa shape index (κ3) is 5.63. The number of hydrogen-bond donors (Lipinski definition) is 2. The number of ether oxygens (including phenoxy) is 2. The first kappa shape index (κ1) is 18.5. The van der Waals surface area contributed by atoms with Gasteiger partial charge in [0.1, 0.15) is 11.5 Å². The topological polar surface area (TPSA) is 68.9 Å². The molecule has 0 aromatic heterocycles. The van der Waals surface area contributed by atoms with E-state index in [1.165, 1.54) is 18.7 Å². The molecule has 0 saturated carbocycles. The van der Waals surface area contributed by atoms with Gasteiger partial charge < -0.3 is 20.5 Å². The number of alkyl halides is 2. The van der Waals surface area contributed by atoms with E-state index in [1.807, 2.05) is 24.3 Å². The van der Waals surface area contributed by atoms with E-state index in [2.05, 4.69) is 22.0 Å². The molecule has 0 unspecified atom stereocenters.